The summed E-state index contributed by atoms with van der Waals surface area (Å²) in [6.45, 7) is 10.5. The predicted octanol–water partition coefficient (Wildman–Crippen LogP) is 7.11. The van der Waals surface area contributed by atoms with Gasteiger partial charge in [-0.1, -0.05) is 48.0 Å². The van der Waals surface area contributed by atoms with Gasteiger partial charge in [-0.2, -0.15) is 0 Å². The Bertz CT molecular complexity index is 2660. The van der Waals surface area contributed by atoms with Gasteiger partial charge in [-0.05, 0) is 78.0 Å². The summed E-state index contributed by atoms with van der Waals surface area (Å²) >= 11 is 8.79. The number of piperazine rings is 1. The Morgan fingerprint density at radius 3 is 2.59 bits per heavy atom. The average molecular weight is 891 g/mol. The lowest BCUT2D eigenvalue weighted by molar-refractivity contribution is -0.145. The van der Waals surface area contributed by atoms with Crippen molar-refractivity contribution in [1.82, 2.24) is 34.6 Å². The van der Waals surface area contributed by atoms with Crippen LogP contribution in [0, 0.1) is 12.7 Å². The summed E-state index contributed by atoms with van der Waals surface area (Å²) in [6.07, 6.45) is 2.95. The highest BCUT2D eigenvalue weighted by Gasteiger charge is 2.40. The number of carboxylic acids is 1. The minimum absolute atomic E-state index is 0.0138. The molecule has 3 aromatic heterocycles. The van der Waals surface area contributed by atoms with E-state index in [9.17, 15) is 14.3 Å². The van der Waals surface area contributed by atoms with Crippen molar-refractivity contribution in [3.8, 4) is 33.2 Å². The van der Waals surface area contributed by atoms with Crippen molar-refractivity contribution < 1.29 is 28.5 Å². The number of nitrogens with zero attached hydrogens (tertiary/aromatic N) is 8. The number of rotatable bonds is 9. The summed E-state index contributed by atoms with van der Waals surface area (Å²) in [4.78, 5) is 42.8. The van der Waals surface area contributed by atoms with Crippen molar-refractivity contribution in [1.29, 1.82) is 0 Å². The molecule has 0 aliphatic carbocycles. The second-order valence-electron chi connectivity index (χ2n) is 17.0. The van der Waals surface area contributed by atoms with E-state index in [1.54, 1.807) is 18.3 Å². The predicted molar refractivity (Wildman–Crippen MR) is 240 cm³/mol. The number of carboxylic acid groups (broad SMARTS) is 1. The smallest absolute Gasteiger partial charge is 0.345 e. The molecular weight excluding hydrogens is 843 g/mol. The van der Waals surface area contributed by atoms with Gasteiger partial charge in [0.1, 0.15) is 29.3 Å². The number of anilines is 1. The molecule has 0 unspecified atom stereocenters. The van der Waals surface area contributed by atoms with Crippen LogP contribution in [0.5, 0.6) is 11.6 Å². The Hall–Kier alpha value is -5.29. The van der Waals surface area contributed by atoms with Crippen LogP contribution < -0.4 is 14.4 Å². The number of aromatic nitrogens is 4. The zero-order valence-corrected chi connectivity index (χ0v) is 36.7. The van der Waals surface area contributed by atoms with E-state index in [2.05, 4.69) is 53.7 Å². The quantitative estimate of drug-likeness (QED) is 0.159. The van der Waals surface area contributed by atoms with Gasteiger partial charge >= 0.3 is 5.97 Å². The Balaban J connectivity index is 1.05. The van der Waals surface area contributed by atoms with Crippen LogP contribution in [0.3, 0.4) is 0 Å². The van der Waals surface area contributed by atoms with Gasteiger partial charge in [0.2, 0.25) is 17.9 Å². The molecule has 0 radical (unpaired) electrons. The second kappa shape index (κ2) is 17.7. The molecule has 326 valence electrons. The maximum atomic E-state index is 14.3. The van der Waals surface area contributed by atoms with Crippen LogP contribution in [0.25, 0.3) is 31.8 Å². The van der Waals surface area contributed by atoms with Gasteiger partial charge in [-0.25, -0.2) is 29.1 Å². The number of likely N-dealkylation sites (N-methyl/N-ethyl adjacent to an activating group) is 1. The van der Waals surface area contributed by atoms with Crippen LogP contribution in [0.1, 0.15) is 34.4 Å². The van der Waals surface area contributed by atoms with Crippen molar-refractivity contribution in [3.05, 3.63) is 112 Å². The summed E-state index contributed by atoms with van der Waals surface area (Å²) in [5, 5.41) is 12.0. The van der Waals surface area contributed by atoms with Crippen molar-refractivity contribution in [2.75, 3.05) is 64.4 Å². The van der Waals surface area contributed by atoms with E-state index in [0.29, 0.717) is 57.9 Å². The Kier molecular flexibility index (Phi) is 11.7. The van der Waals surface area contributed by atoms with E-state index in [1.807, 2.05) is 31.2 Å². The van der Waals surface area contributed by atoms with Gasteiger partial charge in [0.15, 0.2) is 0 Å². The van der Waals surface area contributed by atoms with Crippen molar-refractivity contribution in [3.63, 3.8) is 0 Å². The summed E-state index contributed by atoms with van der Waals surface area (Å²) in [5.41, 5.74) is 6.58. The van der Waals surface area contributed by atoms with E-state index in [0.717, 1.165) is 90.5 Å². The van der Waals surface area contributed by atoms with Gasteiger partial charge in [0, 0.05) is 87.0 Å². The largest absolute Gasteiger partial charge is 0.487 e. The molecule has 3 saturated heterocycles. The molecule has 63 heavy (non-hydrogen) atoms. The lowest BCUT2D eigenvalue weighted by Gasteiger charge is -2.34. The number of carbonyl (C=O) groups is 1. The minimum Gasteiger partial charge on any atom is -0.487 e. The monoisotopic (exact) mass is 890 g/mol. The first kappa shape index (κ1) is 41.7. The summed E-state index contributed by atoms with van der Waals surface area (Å²) < 4.78 is 33.1. The highest BCUT2D eigenvalue weighted by molar-refractivity contribution is 7.22. The maximum Gasteiger partial charge on any atom is 0.345 e. The van der Waals surface area contributed by atoms with Crippen LogP contribution in [0.2, 0.25) is 5.02 Å². The fourth-order valence-electron chi connectivity index (χ4n) is 9.20. The van der Waals surface area contributed by atoms with Gasteiger partial charge in [-0.3, -0.25) is 9.80 Å². The third kappa shape index (κ3) is 8.70. The van der Waals surface area contributed by atoms with E-state index in [4.69, 9.17) is 30.8 Å². The van der Waals surface area contributed by atoms with Crippen molar-refractivity contribution >= 4 is 45.1 Å². The number of aliphatic carboxylic acids is 1. The highest BCUT2D eigenvalue weighted by Crippen LogP contribution is 2.49. The first-order valence-electron chi connectivity index (χ1n) is 21.4. The molecule has 6 bridgehead atoms. The normalized spacial score (nSPS) is 20.7. The van der Waals surface area contributed by atoms with E-state index < -0.39 is 12.1 Å². The fourth-order valence-corrected chi connectivity index (χ4v) is 10.6. The standard InChI is InChI=1S/C47H48ClFN8O5S/c1-28-37-9-6-31(42(28)48)23-56(18-17-55-15-13-54(2)14-16-55)22-29-3-10-38(61-25-34-11-12-50-47(53-34)57-24-36-21-35(57)26-60-36)32(19-29)20-39(46(58)59)62-44-41-40(37)43(63-45(41)52-27-51-44)30-4-7-33(49)8-5-30/h3-12,19,27,35-36,39H,13-18,20-26H2,1-2H3,(H,58,59)/t35-,36-,39+/m0/s1. The van der Waals surface area contributed by atoms with Crippen LogP contribution in [0.15, 0.2) is 73.2 Å². The van der Waals surface area contributed by atoms with Crippen molar-refractivity contribution in [2.45, 2.75) is 57.7 Å². The summed E-state index contributed by atoms with van der Waals surface area (Å²) in [5.74, 6) is -0.194. The number of morpholine rings is 1. The molecule has 1 N–H and O–H groups in total. The number of hydrogen-bond acceptors (Lipinski definition) is 13. The number of thiophene rings is 1. The number of fused-ring (bicyclic) bond motifs is 8. The molecular formula is C47H48ClFN8O5S. The molecule has 0 amide bonds. The average Bonchev–Trinajstić information content (AvgIpc) is 4.03. The molecule has 13 nitrogen and oxygen atoms in total. The third-order valence-electron chi connectivity index (χ3n) is 12.7. The van der Waals surface area contributed by atoms with Crippen LogP contribution in [0.4, 0.5) is 10.3 Å². The highest BCUT2D eigenvalue weighted by atomic mass is 35.5. The zero-order chi connectivity index (χ0) is 43.2. The number of halogens is 2. The minimum atomic E-state index is -1.35. The van der Waals surface area contributed by atoms with Gasteiger partial charge in [-0.15, -0.1) is 11.3 Å². The number of benzene rings is 3. The third-order valence-corrected chi connectivity index (χ3v) is 14.4. The van der Waals surface area contributed by atoms with Crippen LogP contribution in [-0.4, -0.2) is 123 Å². The molecule has 8 heterocycles. The van der Waals surface area contributed by atoms with Gasteiger partial charge in [0.05, 0.1) is 29.8 Å². The molecule has 3 aromatic carbocycles. The fraction of sp³-hybridized carbons (Fsp3) is 0.383. The first-order valence-corrected chi connectivity index (χ1v) is 22.6. The Labute approximate surface area is 374 Å². The lowest BCUT2D eigenvalue weighted by atomic mass is 9.94. The summed E-state index contributed by atoms with van der Waals surface area (Å²) in [7, 11) is 2.16. The van der Waals surface area contributed by atoms with Gasteiger partial charge in [0.25, 0.3) is 0 Å². The molecule has 0 spiro atoms. The lowest BCUT2D eigenvalue weighted by Crippen LogP contribution is -2.46. The molecule has 5 aliphatic rings. The maximum absolute atomic E-state index is 14.3. The van der Waals surface area contributed by atoms with Gasteiger partial charge < -0.3 is 29.1 Å². The molecule has 5 aliphatic heterocycles. The Morgan fingerprint density at radius 1 is 0.984 bits per heavy atom. The summed E-state index contributed by atoms with van der Waals surface area (Å²) in [6, 6.07) is 18.6. The van der Waals surface area contributed by atoms with Crippen LogP contribution >= 0.6 is 22.9 Å². The molecule has 6 aromatic rings. The topological polar surface area (TPSA) is 130 Å². The second-order valence-corrected chi connectivity index (χ2v) is 18.3. The molecule has 11 rings (SSSR count). The molecule has 0 saturated carbocycles. The van der Waals surface area contributed by atoms with E-state index >= 15 is 0 Å². The van der Waals surface area contributed by atoms with E-state index in [-0.39, 0.29) is 36.9 Å². The number of hydrogen-bond donors (Lipinski definition) is 1. The molecule has 16 heteroatoms. The first-order chi connectivity index (χ1) is 30.6. The van der Waals surface area contributed by atoms with Crippen LogP contribution in [-0.2, 0) is 35.6 Å². The Morgan fingerprint density at radius 2 is 1.81 bits per heavy atom. The molecule has 3 atom stereocenters. The van der Waals surface area contributed by atoms with Crippen molar-refractivity contribution in [2.24, 2.45) is 0 Å². The zero-order valence-electron chi connectivity index (χ0n) is 35.2. The molecule has 3 fully saturated rings. The number of ether oxygens (including phenoxy) is 3. The SMILES string of the molecule is Cc1c2ccc(c1Cl)CN(CCN1CCN(C)CC1)Cc1ccc(OCc3ccnc(N4C[C@@H]5C[C@H]4CO5)n3)c(c1)C[C@H](C(=O)O)Oc1ncnc3sc(-c4ccc(F)cc4)c-2c13. The van der Waals surface area contributed by atoms with E-state index in [1.165, 1.54) is 29.8 Å².